The van der Waals surface area contributed by atoms with Crippen molar-refractivity contribution < 1.29 is 0 Å². The number of rotatable bonds is 16. The molecule has 7 rings (SSSR count). The zero-order valence-corrected chi connectivity index (χ0v) is 34.1. The van der Waals surface area contributed by atoms with E-state index in [9.17, 15) is 0 Å². The van der Waals surface area contributed by atoms with Gasteiger partial charge in [-0.2, -0.15) is 0 Å². The molecule has 1 aliphatic carbocycles. The number of thiophene rings is 6. The summed E-state index contributed by atoms with van der Waals surface area (Å²) in [6.45, 7) is 9.11. The summed E-state index contributed by atoms with van der Waals surface area (Å²) in [4.78, 5) is 17.0. The number of hydrogen-bond donors (Lipinski definition) is 0. The van der Waals surface area contributed by atoms with Crippen molar-refractivity contribution in [3.63, 3.8) is 0 Å². The van der Waals surface area contributed by atoms with Crippen molar-refractivity contribution >= 4 is 79.2 Å². The fourth-order valence-corrected chi connectivity index (χ4v) is 13.2. The van der Waals surface area contributed by atoms with Gasteiger partial charge in [-0.3, -0.25) is 0 Å². The first-order valence-corrected chi connectivity index (χ1v) is 22.9. The Labute approximate surface area is 317 Å². The van der Waals surface area contributed by atoms with Gasteiger partial charge in [0.2, 0.25) is 0 Å². The van der Waals surface area contributed by atoms with E-state index in [-0.39, 0.29) is 0 Å². The zero-order valence-electron chi connectivity index (χ0n) is 29.2. The molecule has 0 nitrogen and oxygen atoms in total. The van der Waals surface area contributed by atoms with Gasteiger partial charge in [-0.15, -0.1) is 68.0 Å². The van der Waals surface area contributed by atoms with Crippen LogP contribution in [0.4, 0.5) is 0 Å². The van der Waals surface area contributed by atoms with Crippen molar-refractivity contribution in [3.05, 3.63) is 103 Å². The summed E-state index contributed by atoms with van der Waals surface area (Å²) in [7, 11) is 0. The smallest absolute Gasteiger partial charge is 0.0536 e. The average molecular weight is 755 g/mol. The second-order valence-corrected chi connectivity index (χ2v) is 20.2. The highest BCUT2D eigenvalue weighted by Crippen LogP contribution is 2.50. The molecule has 0 saturated heterocycles. The molecule has 254 valence electrons. The van der Waals surface area contributed by atoms with E-state index < -0.39 is 0 Å². The van der Waals surface area contributed by atoms with Crippen LogP contribution >= 0.6 is 68.0 Å². The summed E-state index contributed by atoms with van der Waals surface area (Å²) < 4.78 is 0. The van der Waals surface area contributed by atoms with Gasteiger partial charge in [-0.25, -0.2) is 0 Å². The fraction of sp³-hybridized carbons (Fsp3) is 0.349. The van der Waals surface area contributed by atoms with Gasteiger partial charge in [0.05, 0.1) is 4.88 Å². The van der Waals surface area contributed by atoms with Crippen LogP contribution in [0.25, 0.3) is 50.8 Å². The predicted octanol–water partition coefficient (Wildman–Crippen LogP) is 16.5. The molecule has 6 heterocycles. The van der Waals surface area contributed by atoms with Crippen LogP contribution in [-0.2, 0) is 12.8 Å². The van der Waals surface area contributed by atoms with E-state index in [1.807, 2.05) is 68.0 Å². The Bertz CT molecular complexity index is 2060. The third-order valence-corrected chi connectivity index (χ3v) is 16.6. The van der Waals surface area contributed by atoms with E-state index in [0.29, 0.717) is 0 Å². The van der Waals surface area contributed by atoms with E-state index in [2.05, 4.69) is 101 Å². The van der Waals surface area contributed by atoms with Crippen molar-refractivity contribution in [2.45, 2.75) is 98.3 Å². The number of hydrogen-bond acceptors (Lipinski definition) is 6. The highest BCUT2D eigenvalue weighted by Gasteiger charge is 2.22. The molecule has 0 atom stereocenters. The molecule has 0 aliphatic heterocycles. The Morgan fingerprint density at radius 2 is 1.06 bits per heavy atom. The number of unbranched alkanes of at least 4 members (excludes halogenated alkanes) is 6. The molecule has 0 aromatic carbocycles. The highest BCUT2D eigenvalue weighted by molar-refractivity contribution is 7.28. The molecule has 0 spiro atoms. The molecule has 6 aromatic rings. The summed E-state index contributed by atoms with van der Waals surface area (Å²) in [5, 5.41) is 0. The molecule has 0 saturated carbocycles. The van der Waals surface area contributed by atoms with Crippen molar-refractivity contribution in [3.8, 4) is 39.7 Å². The molecule has 49 heavy (non-hydrogen) atoms. The third kappa shape index (κ3) is 8.27. The van der Waals surface area contributed by atoms with Crippen LogP contribution in [-0.4, -0.2) is 0 Å². The van der Waals surface area contributed by atoms with Gasteiger partial charge in [0.1, 0.15) is 0 Å². The van der Waals surface area contributed by atoms with Gasteiger partial charge in [-0.05, 0) is 123 Å². The molecular weight excluding hydrogens is 709 g/mol. The molecule has 0 radical (unpaired) electrons. The first-order chi connectivity index (χ1) is 24.0. The summed E-state index contributed by atoms with van der Waals surface area (Å²) in [6, 6.07) is 23.7. The first kappa shape index (κ1) is 35.1. The van der Waals surface area contributed by atoms with E-state index in [0.717, 1.165) is 6.42 Å². The predicted molar refractivity (Wildman–Crippen MR) is 228 cm³/mol. The molecule has 6 aromatic heterocycles. The monoisotopic (exact) mass is 754 g/mol. The minimum absolute atomic E-state index is 1.03. The average Bonchev–Trinajstić information content (AvgIpc) is 3.92. The van der Waals surface area contributed by atoms with E-state index in [1.54, 1.807) is 0 Å². The van der Waals surface area contributed by atoms with Crippen molar-refractivity contribution in [1.82, 2.24) is 0 Å². The summed E-state index contributed by atoms with van der Waals surface area (Å²) in [6.07, 6.45) is 18.8. The van der Waals surface area contributed by atoms with E-state index >= 15 is 0 Å². The lowest BCUT2D eigenvalue weighted by atomic mass is 10.0. The minimum Gasteiger partial charge on any atom is -0.141 e. The van der Waals surface area contributed by atoms with Crippen LogP contribution in [0.3, 0.4) is 0 Å². The normalized spacial score (nSPS) is 13.1. The highest BCUT2D eigenvalue weighted by atomic mass is 32.1. The van der Waals surface area contributed by atoms with Gasteiger partial charge in [0.25, 0.3) is 0 Å². The van der Waals surface area contributed by atoms with Crippen LogP contribution in [0.5, 0.6) is 0 Å². The Hall–Kier alpha value is -2.32. The molecule has 6 heteroatoms. The van der Waals surface area contributed by atoms with Gasteiger partial charge in [0, 0.05) is 59.2 Å². The molecular formula is C43H46S6. The Kier molecular flexibility index (Phi) is 11.7. The number of allylic oxidation sites excluding steroid dienone is 4. The SMILES string of the molecule is CCCCCCc1ccc(C2=CC=C(c3cc(-c4cc(-c5ccc(-c6ccc(CCCCCC)s6)s5)c(-c5ccc(C)s5)s4)sc3C)C2)s1. The molecule has 0 amide bonds. The van der Waals surface area contributed by atoms with Crippen LogP contribution in [0.15, 0.2) is 72.8 Å². The minimum atomic E-state index is 1.03. The largest absolute Gasteiger partial charge is 0.141 e. The molecule has 1 aliphatic rings. The maximum Gasteiger partial charge on any atom is 0.0536 e. The molecule has 0 fully saturated rings. The van der Waals surface area contributed by atoms with Gasteiger partial charge < -0.3 is 0 Å². The Balaban J connectivity index is 1.10. The Morgan fingerprint density at radius 3 is 1.78 bits per heavy atom. The van der Waals surface area contributed by atoms with Crippen LogP contribution in [0, 0.1) is 13.8 Å². The zero-order chi connectivity index (χ0) is 33.7. The quantitative estimate of drug-likeness (QED) is 0.0863. The topological polar surface area (TPSA) is 0 Å². The lowest BCUT2D eigenvalue weighted by molar-refractivity contribution is 0.670. The van der Waals surface area contributed by atoms with E-state index in [1.165, 1.54) is 145 Å². The van der Waals surface area contributed by atoms with Crippen LogP contribution in [0.1, 0.15) is 102 Å². The summed E-state index contributed by atoms with van der Waals surface area (Å²) in [5.74, 6) is 0. The maximum absolute atomic E-state index is 2.48. The first-order valence-electron chi connectivity index (χ1n) is 18.0. The van der Waals surface area contributed by atoms with Crippen LogP contribution < -0.4 is 0 Å². The maximum atomic E-state index is 2.48. The van der Waals surface area contributed by atoms with E-state index in [4.69, 9.17) is 0 Å². The van der Waals surface area contributed by atoms with Gasteiger partial charge in [0.15, 0.2) is 0 Å². The summed E-state index contributed by atoms with van der Waals surface area (Å²) in [5.41, 5.74) is 5.74. The van der Waals surface area contributed by atoms with Crippen molar-refractivity contribution in [2.24, 2.45) is 0 Å². The lowest BCUT2D eigenvalue weighted by Crippen LogP contribution is -1.83. The van der Waals surface area contributed by atoms with Gasteiger partial charge in [-0.1, -0.05) is 64.5 Å². The second-order valence-electron chi connectivity index (χ2n) is 13.2. The van der Waals surface area contributed by atoms with Crippen molar-refractivity contribution in [2.75, 3.05) is 0 Å². The lowest BCUT2D eigenvalue weighted by Gasteiger charge is -2.04. The van der Waals surface area contributed by atoms with Gasteiger partial charge >= 0.3 is 0 Å². The Morgan fingerprint density at radius 1 is 0.469 bits per heavy atom. The fourth-order valence-electron chi connectivity index (χ4n) is 6.63. The van der Waals surface area contributed by atoms with Crippen molar-refractivity contribution in [1.29, 1.82) is 0 Å². The molecule has 0 bridgehead atoms. The molecule has 0 N–H and O–H groups in total. The van der Waals surface area contributed by atoms with Crippen LogP contribution in [0.2, 0.25) is 0 Å². The number of aryl methyl sites for hydroxylation is 4. The standard InChI is InChI=1S/C43H46S6/c1-5-7-9-11-13-32-18-21-36(46-32)31-17-16-30(25-31)34-26-41(45-29(34)4)42-27-35(43(49-42)40-20-15-28(3)44-40)37-23-24-39(48-37)38-22-19-33(47-38)14-12-10-8-6-2/h15-24,26-27H,5-14,25H2,1-4H3. The summed E-state index contributed by atoms with van der Waals surface area (Å²) >= 11 is 11.8. The third-order valence-electron chi connectivity index (χ3n) is 9.38. The second kappa shape index (κ2) is 16.4. The molecule has 0 unspecified atom stereocenters.